The molecule has 1 saturated heterocycles. The molecule has 130 valence electrons. The fourth-order valence-electron chi connectivity index (χ4n) is 3.31. The van der Waals surface area contributed by atoms with Crippen molar-refractivity contribution >= 4 is 5.78 Å². The summed E-state index contributed by atoms with van der Waals surface area (Å²) in [5, 5.41) is 0. The molecule has 1 aliphatic rings. The van der Waals surface area contributed by atoms with Crippen LogP contribution in [-0.2, 0) is 0 Å². The Labute approximate surface area is 149 Å². The van der Waals surface area contributed by atoms with Crippen molar-refractivity contribution < 1.29 is 9.53 Å². The van der Waals surface area contributed by atoms with Crippen molar-refractivity contribution in [1.82, 2.24) is 4.90 Å². The van der Waals surface area contributed by atoms with Gasteiger partial charge in [0.15, 0.2) is 5.78 Å². The summed E-state index contributed by atoms with van der Waals surface area (Å²) in [6.07, 6.45) is 3.89. The first-order chi connectivity index (χ1) is 12.2. The van der Waals surface area contributed by atoms with Gasteiger partial charge in [0, 0.05) is 6.54 Å². The van der Waals surface area contributed by atoms with Gasteiger partial charge in [0.25, 0.3) is 0 Å². The van der Waals surface area contributed by atoms with E-state index in [1.165, 1.54) is 24.5 Å². The molecule has 3 nitrogen and oxygen atoms in total. The molecule has 0 unspecified atom stereocenters. The van der Waals surface area contributed by atoms with Gasteiger partial charge in [-0.15, -0.1) is 0 Å². The van der Waals surface area contributed by atoms with Gasteiger partial charge in [0.2, 0.25) is 0 Å². The topological polar surface area (TPSA) is 29.5 Å². The van der Waals surface area contributed by atoms with Crippen LogP contribution in [0.5, 0.6) is 5.75 Å². The van der Waals surface area contributed by atoms with Gasteiger partial charge in [-0.25, -0.2) is 0 Å². The van der Waals surface area contributed by atoms with Crippen molar-refractivity contribution in [2.45, 2.75) is 19.8 Å². The fourth-order valence-corrected chi connectivity index (χ4v) is 3.31. The molecule has 1 fully saturated rings. The van der Waals surface area contributed by atoms with Crippen LogP contribution in [0.1, 0.15) is 28.8 Å². The van der Waals surface area contributed by atoms with Crippen LogP contribution in [0.2, 0.25) is 0 Å². The zero-order valence-electron chi connectivity index (χ0n) is 14.8. The molecule has 1 heterocycles. The third-order valence-corrected chi connectivity index (χ3v) is 4.75. The second-order valence-electron chi connectivity index (χ2n) is 6.49. The molecule has 2 aromatic carbocycles. The molecule has 0 spiro atoms. The predicted molar refractivity (Wildman–Crippen MR) is 102 cm³/mol. The SMILES string of the molecule is C=CC(=O)c1cc(-c2ccccc2C)ccc1OCCN1CCCC1. The molecule has 0 atom stereocenters. The lowest BCUT2D eigenvalue weighted by atomic mass is 9.97. The highest BCUT2D eigenvalue weighted by Crippen LogP contribution is 2.29. The quantitative estimate of drug-likeness (QED) is 0.551. The Balaban J connectivity index is 1.81. The molecule has 0 aromatic heterocycles. The van der Waals surface area contributed by atoms with Gasteiger partial charge in [-0.3, -0.25) is 9.69 Å². The van der Waals surface area contributed by atoms with Crippen LogP contribution < -0.4 is 4.74 Å². The van der Waals surface area contributed by atoms with E-state index in [4.69, 9.17) is 4.74 Å². The lowest BCUT2D eigenvalue weighted by molar-refractivity contribution is 0.104. The molecule has 3 rings (SSSR count). The van der Waals surface area contributed by atoms with E-state index >= 15 is 0 Å². The zero-order chi connectivity index (χ0) is 17.6. The summed E-state index contributed by atoms with van der Waals surface area (Å²) < 4.78 is 5.93. The van der Waals surface area contributed by atoms with E-state index in [0.29, 0.717) is 17.9 Å². The zero-order valence-corrected chi connectivity index (χ0v) is 14.8. The predicted octanol–water partition coefficient (Wildman–Crippen LogP) is 4.51. The highest BCUT2D eigenvalue weighted by molar-refractivity contribution is 6.07. The van der Waals surface area contributed by atoms with Gasteiger partial charge in [-0.05, 0) is 67.8 Å². The number of aryl methyl sites for hydroxylation is 1. The number of hydrogen-bond donors (Lipinski definition) is 0. The van der Waals surface area contributed by atoms with Gasteiger partial charge in [-0.1, -0.05) is 36.9 Å². The molecule has 0 saturated carbocycles. The third kappa shape index (κ3) is 4.18. The molecule has 0 aliphatic carbocycles. The Kier molecular flexibility index (Phi) is 5.67. The van der Waals surface area contributed by atoms with Crippen LogP contribution in [0.15, 0.2) is 55.1 Å². The molecule has 25 heavy (non-hydrogen) atoms. The van der Waals surface area contributed by atoms with E-state index in [-0.39, 0.29) is 5.78 Å². The van der Waals surface area contributed by atoms with Gasteiger partial charge in [0.05, 0.1) is 5.56 Å². The van der Waals surface area contributed by atoms with Crippen LogP contribution in [0.25, 0.3) is 11.1 Å². The Hall–Kier alpha value is -2.39. The van der Waals surface area contributed by atoms with E-state index in [0.717, 1.165) is 30.8 Å². The van der Waals surface area contributed by atoms with Crippen molar-refractivity contribution in [2.24, 2.45) is 0 Å². The third-order valence-electron chi connectivity index (χ3n) is 4.75. The Morgan fingerprint density at radius 2 is 1.96 bits per heavy atom. The van der Waals surface area contributed by atoms with Gasteiger partial charge < -0.3 is 4.74 Å². The van der Waals surface area contributed by atoms with E-state index in [1.54, 1.807) is 0 Å². The number of rotatable bonds is 7. The highest BCUT2D eigenvalue weighted by atomic mass is 16.5. The summed E-state index contributed by atoms with van der Waals surface area (Å²) in [5.41, 5.74) is 3.92. The Morgan fingerprint density at radius 1 is 1.20 bits per heavy atom. The summed E-state index contributed by atoms with van der Waals surface area (Å²) in [7, 11) is 0. The number of likely N-dealkylation sites (tertiary alicyclic amines) is 1. The molecule has 3 heteroatoms. The number of nitrogens with zero attached hydrogens (tertiary/aromatic N) is 1. The second-order valence-corrected chi connectivity index (χ2v) is 6.49. The van der Waals surface area contributed by atoms with Gasteiger partial charge >= 0.3 is 0 Å². The number of benzene rings is 2. The normalized spacial score (nSPS) is 14.4. The van der Waals surface area contributed by atoms with E-state index in [1.807, 2.05) is 30.3 Å². The lowest BCUT2D eigenvalue weighted by Gasteiger charge is -2.17. The standard InChI is InChI=1S/C22H25NO2/c1-3-21(24)20-16-18(19-9-5-4-8-17(19)2)10-11-22(20)25-15-14-23-12-6-7-13-23/h3-5,8-11,16H,1,6-7,12-15H2,2H3. The summed E-state index contributed by atoms with van der Waals surface area (Å²) in [4.78, 5) is 14.7. The van der Waals surface area contributed by atoms with Crippen molar-refractivity contribution in [2.75, 3.05) is 26.2 Å². The average molecular weight is 335 g/mol. The smallest absolute Gasteiger partial charge is 0.188 e. The molecule has 2 aromatic rings. The number of hydrogen-bond acceptors (Lipinski definition) is 3. The van der Waals surface area contributed by atoms with Gasteiger partial charge in [0.1, 0.15) is 12.4 Å². The number of allylic oxidation sites excluding steroid dienone is 1. The summed E-state index contributed by atoms with van der Waals surface area (Å²) in [6.45, 7) is 9.50. The van der Waals surface area contributed by atoms with Crippen LogP contribution in [0.4, 0.5) is 0 Å². The summed E-state index contributed by atoms with van der Waals surface area (Å²) >= 11 is 0. The highest BCUT2D eigenvalue weighted by Gasteiger charge is 2.15. The maximum atomic E-state index is 12.3. The number of ether oxygens (including phenoxy) is 1. The van der Waals surface area contributed by atoms with E-state index in [2.05, 4.69) is 30.5 Å². The van der Waals surface area contributed by atoms with Crippen molar-refractivity contribution in [3.8, 4) is 16.9 Å². The Morgan fingerprint density at radius 3 is 2.68 bits per heavy atom. The van der Waals surface area contributed by atoms with Crippen molar-refractivity contribution in [1.29, 1.82) is 0 Å². The van der Waals surface area contributed by atoms with Crippen LogP contribution in [0.3, 0.4) is 0 Å². The molecule has 0 radical (unpaired) electrons. The number of ketones is 1. The molecule has 0 N–H and O–H groups in total. The number of carbonyl (C=O) groups is 1. The summed E-state index contributed by atoms with van der Waals surface area (Å²) in [5.74, 6) is 0.535. The van der Waals surface area contributed by atoms with Crippen LogP contribution in [0, 0.1) is 6.92 Å². The molecule has 1 aliphatic heterocycles. The lowest BCUT2D eigenvalue weighted by Crippen LogP contribution is -2.25. The molecular weight excluding hydrogens is 310 g/mol. The van der Waals surface area contributed by atoms with Crippen molar-refractivity contribution in [3.05, 3.63) is 66.2 Å². The molecule has 0 amide bonds. The minimum atomic E-state index is -0.105. The van der Waals surface area contributed by atoms with Crippen LogP contribution >= 0.6 is 0 Å². The van der Waals surface area contributed by atoms with E-state index < -0.39 is 0 Å². The van der Waals surface area contributed by atoms with Crippen molar-refractivity contribution in [3.63, 3.8) is 0 Å². The maximum Gasteiger partial charge on any atom is 0.188 e. The molecule has 0 bridgehead atoms. The maximum absolute atomic E-state index is 12.3. The second kappa shape index (κ2) is 8.13. The first kappa shape index (κ1) is 17.4. The number of carbonyl (C=O) groups excluding carboxylic acids is 1. The Bertz CT molecular complexity index is 760. The largest absolute Gasteiger partial charge is 0.491 e. The first-order valence-electron chi connectivity index (χ1n) is 8.91. The molecular formula is C22H25NO2. The van der Waals surface area contributed by atoms with Crippen LogP contribution in [-0.4, -0.2) is 36.9 Å². The first-order valence-corrected chi connectivity index (χ1v) is 8.91. The average Bonchev–Trinajstić information content (AvgIpc) is 3.15. The monoisotopic (exact) mass is 335 g/mol. The van der Waals surface area contributed by atoms with Gasteiger partial charge in [-0.2, -0.15) is 0 Å². The van der Waals surface area contributed by atoms with E-state index in [9.17, 15) is 4.79 Å². The summed E-state index contributed by atoms with van der Waals surface area (Å²) in [6, 6.07) is 14.0. The minimum absolute atomic E-state index is 0.105. The fraction of sp³-hybridized carbons (Fsp3) is 0.318. The minimum Gasteiger partial charge on any atom is -0.491 e.